The van der Waals surface area contributed by atoms with Crippen LogP contribution in [0.5, 0.6) is 0 Å². The van der Waals surface area contributed by atoms with Crippen molar-refractivity contribution in [2.45, 2.75) is 58.0 Å². The van der Waals surface area contributed by atoms with E-state index in [2.05, 4.69) is 10.6 Å². The largest absolute Gasteiger partial charge is 0.466 e. The van der Waals surface area contributed by atoms with Crippen LogP contribution in [0, 0.1) is 11.8 Å². The molecule has 6 heteroatoms. The van der Waals surface area contributed by atoms with Gasteiger partial charge in [-0.3, -0.25) is 14.4 Å². The van der Waals surface area contributed by atoms with Gasteiger partial charge in [0, 0.05) is 18.5 Å². The molecule has 0 spiro atoms. The number of hydrogen-bond acceptors (Lipinski definition) is 4. The van der Waals surface area contributed by atoms with Crippen molar-refractivity contribution in [1.29, 1.82) is 0 Å². The van der Waals surface area contributed by atoms with E-state index in [4.69, 9.17) is 4.74 Å². The second kappa shape index (κ2) is 6.03. The van der Waals surface area contributed by atoms with Crippen LogP contribution in [-0.2, 0) is 19.1 Å². The molecule has 21 heavy (non-hydrogen) atoms. The van der Waals surface area contributed by atoms with Crippen molar-refractivity contribution in [3.63, 3.8) is 0 Å². The molecule has 2 N–H and O–H groups in total. The summed E-state index contributed by atoms with van der Waals surface area (Å²) in [7, 11) is 0. The molecule has 2 amide bonds. The molecule has 0 aromatic rings. The van der Waals surface area contributed by atoms with Crippen molar-refractivity contribution >= 4 is 17.8 Å². The standard InChI is InChI=1S/C15H24N2O4/c1-9(18)21-7-6-11(13(19)16-10-4-5-10)12-8-15(2,3)17-14(12)20/h10-12H,4-8H2,1-3H3,(H,16,19)(H,17,20)/t11?,12-/m1/s1. The van der Waals surface area contributed by atoms with Gasteiger partial charge in [-0.2, -0.15) is 0 Å². The SMILES string of the molecule is CC(=O)OCCC(C(=O)NC1CC1)[C@H]1CC(C)(C)NC1=O. The molecular weight excluding hydrogens is 272 g/mol. The molecule has 2 rings (SSSR count). The lowest BCUT2D eigenvalue weighted by Crippen LogP contribution is -2.39. The lowest BCUT2D eigenvalue weighted by molar-refractivity contribution is -0.143. The molecule has 0 aromatic carbocycles. The minimum absolute atomic E-state index is 0.0845. The van der Waals surface area contributed by atoms with Gasteiger partial charge in [0.1, 0.15) is 0 Å². The van der Waals surface area contributed by atoms with Crippen molar-refractivity contribution in [3.8, 4) is 0 Å². The van der Waals surface area contributed by atoms with Gasteiger partial charge in [0.15, 0.2) is 0 Å². The number of carbonyl (C=O) groups is 3. The molecule has 2 fully saturated rings. The Labute approximate surface area is 125 Å². The molecular formula is C15H24N2O4. The van der Waals surface area contributed by atoms with Crippen molar-refractivity contribution < 1.29 is 19.1 Å². The predicted octanol–water partition coefficient (Wildman–Crippen LogP) is 0.749. The lowest BCUT2D eigenvalue weighted by atomic mass is 9.84. The Kier molecular flexibility index (Phi) is 4.54. The van der Waals surface area contributed by atoms with E-state index in [1.54, 1.807) is 0 Å². The van der Waals surface area contributed by atoms with Crippen molar-refractivity contribution in [3.05, 3.63) is 0 Å². The average molecular weight is 296 g/mol. The first-order valence-corrected chi connectivity index (χ1v) is 7.54. The number of esters is 1. The molecule has 1 aliphatic heterocycles. The summed E-state index contributed by atoms with van der Waals surface area (Å²) in [5, 5.41) is 5.88. The Morgan fingerprint density at radius 3 is 2.57 bits per heavy atom. The fourth-order valence-corrected chi connectivity index (χ4v) is 2.83. The van der Waals surface area contributed by atoms with Gasteiger partial charge in [0.05, 0.1) is 18.4 Å². The van der Waals surface area contributed by atoms with Gasteiger partial charge >= 0.3 is 5.97 Å². The maximum atomic E-state index is 12.4. The van der Waals surface area contributed by atoms with Crippen LogP contribution in [0.15, 0.2) is 0 Å². The zero-order valence-electron chi connectivity index (χ0n) is 12.9. The Balaban J connectivity index is 2.01. The zero-order chi connectivity index (χ0) is 15.6. The Morgan fingerprint density at radius 1 is 1.43 bits per heavy atom. The summed E-state index contributed by atoms with van der Waals surface area (Å²) in [4.78, 5) is 35.4. The molecule has 1 aliphatic carbocycles. The van der Waals surface area contributed by atoms with Crippen LogP contribution < -0.4 is 10.6 Å². The Hall–Kier alpha value is -1.59. The molecule has 2 atom stereocenters. The fourth-order valence-electron chi connectivity index (χ4n) is 2.83. The maximum Gasteiger partial charge on any atom is 0.302 e. The van der Waals surface area contributed by atoms with Crippen LogP contribution in [0.25, 0.3) is 0 Å². The summed E-state index contributed by atoms with van der Waals surface area (Å²) in [6, 6.07) is 0.256. The van der Waals surface area contributed by atoms with Gasteiger partial charge in [0.25, 0.3) is 0 Å². The van der Waals surface area contributed by atoms with Crippen LogP contribution in [0.1, 0.15) is 46.5 Å². The highest BCUT2D eigenvalue weighted by Gasteiger charge is 2.44. The minimum atomic E-state index is -0.438. The molecule has 0 bridgehead atoms. The second-order valence-electron chi connectivity index (χ2n) is 6.70. The summed E-state index contributed by atoms with van der Waals surface area (Å²) < 4.78 is 4.94. The molecule has 0 aromatic heterocycles. The highest BCUT2D eigenvalue weighted by atomic mass is 16.5. The normalized spacial score (nSPS) is 25.1. The number of amides is 2. The lowest BCUT2D eigenvalue weighted by Gasteiger charge is -2.22. The first-order valence-electron chi connectivity index (χ1n) is 7.54. The van der Waals surface area contributed by atoms with Crippen LogP contribution in [0.4, 0.5) is 0 Å². The second-order valence-corrected chi connectivity index (χ2v) is 6.70. The molecule has 0 radical (unpaired) electrons. The number of ether oxygens (including phenoxy) is 1. The molecule has 6 nitrogen and oxygen atoms in total. The van der Waals surface area contributed by atoms with Gasteiger partial charge < -0.3 is 15.4 Å². The van der Waals surface area contributed by atoms with Crippen molar-refractivity contribution in [2.75, 3.05) is 6.61 Å². The Bertz CT molecular complexity index is 443. The van der Waals surface area contributed by atoms with Gasteiger partial charge in [-0.15, -0.1) is 0 Å². The molecule has 1 saturated heterocycles. The van der Waals surface area contributed by atoms with Crippen LogP contribution in [0.3, 0.4) is 0 Å². The average Bonchev–Trinajstić information content (AvgIpc) is 3.10. The zero-order valence-corrected chi connectivity index (χ0v) is 12.9. The van der Waals surface area contributed by atoms with E-state index in [0.717, 1.165) is 12.8 Å². The van der Waals surface area contributed by atoms with Crippen molar-refractivity contribution in [1.82, 2.24) is 10.6 Å². The van der Waals surface area contributed by atoms with E-state index in [9.17, 15) is 14.4 Å². The van der Waals surface area contributed by atoms with E-state index in [1.807, 2.05) is 13.8 Å². The van der Waals surface area contributed by atoms with E-state index < -0.39 is 5.92 Å². The quantitative estimate of drug-likeness (QED) is 0.708. The first kappa shape index (κ1) is 15.8. The number of rotatable bonds is 6. The molecule has 118 valence electrons. The molecule has 1 heterocycles. The highest BCUT2D eigenvalue weighted by molar-refractivity contribution is 5.89. The third kappa shape index (κ3) is 4.44. The van der Waals surface area contributed by atoms with Crippen LogP contribution in [0.2, 0.25) is 0 Å². The monoisotopic (exact) mass is 296 g/mol. The highest BCUT2D eigenvalue weighted by Crippen LogP contribution is 2.33. The van der Waals surface area contributed by atoms with Gasteiger partial charge in [-0.1, -0.05) is 0 Å². The summed E-state index contributed by atoms with van der Waals surface area (Å²) in [6.07, 6.45) is 3.01. The van der Waals surface area contributed by atoms with E-state index >= 15 is 0 Å². The van der Waals surface area contributed by atoms with Crippen LogP contribution in [-0.4, -0.2) is 36.0 Å². The molecule has 1 unspecified atom stereocenters. The van der Waals surface area contributed by atoms with E-state index in [0.29, 0.717) is 12.8 Å². The summed E-state index contributed by atoms with van der Waals surface area (Å²) in [5.74, 6) is -1.34. The van der Waals surface area contributed by atoms with E-state index in [1.165, 1.54) is 6.92 Å². The topological polar surface area (TPSA) is 84.5 Å². The maximum absolute atomic E-state index is 12.4. The summed E-state index contributed by atoms with van der Waals surface area (Å²) in [6.45, 7) is 5.41. The first-order chi connectivity index (χ1) is 9.78. The smallest absolute Gasteiger partial charge is 0.302 e. The fraction of sp³-hybridized carbons (Fsp3) is 0.800. The van der Waals surface area contributed by atoms with Crippen LogP contribution >= 0.6 is 0 Å². The van der Waals surface area contributed by atoms with Gasteiger partial charge in [-0.25, -0.2) is 0 Å². The third-order valence-electron chi connectivity index (χ3n) is 4.01. The number of carbonyl (C=O) groups excluding carboxylic acids is 3. The van der Waals surface area contributed by atoms with Gasteiger partial charge in [-0.05, 0) is 39.5 Å². The van der Waals surface area contributed by atoms with E-state index in [-0.39, 0.29) is 41.9 Å². The summed E-state index contributed by atoms with van der Waals surface area (Å²) >= 11 is 0. The minimum Gasteiger partial charge on any atom is -0.466 e. The van der Waals surface area contributed by atoms with Crippen molar-refractivity contribution in [2.24, 2.45) is 11.8 Å². The number of nitrogens with one attached hydrogen (secondary N) is 2. The Morgan fingerprint density at radius 2 is 2.10 bits per heavy atom. The van der Waals surface area contributed by atoms with Gasteiger partial charge in [0.2, 0.25) is 11.8 Å². The predicted molar refractivity (Wildman–Crippen MR) is 76.2 cm³/mol. The summed E-state index contributed by atoms with van der Waals surface area (Å²) in [5.41, 5.74) is -0.290. The third-order valence-corrected chi connectivity index (χ3v) is 4.01. The molecule has 1 saturated carbocycles. The number of hydrogen-bond donors (Lipinski definition) is 2. The molecule has 2 aliphatic rings.